The number of amides is 2. The van der Waals surface area contributed by atoms with E-state index < -0.39 is 0 Å². The average molecular weight is 422 g/mol. The molecule has 1 spiro atoms. The quantitative estimate of drug-likeness (QED) is 0.805. The second-order valence-electron chi connectivity index (χ2n) is 8.60. The second kappa shape index (κ2) is 9.10. The van der Waals surface area contributed by atoms with Crippen molar-refractivity contribution >= 4 is 11.8 Å². The zero-order valence-electron chi connectivity index (χ0n) is 18.2. The van der Waals surface area contributed by atoms with Crippen molar-refractivity contribution in [2.24, 2.45) is 5.73 Å². The number of methoxy groups -OCH3 is 1. The summed E-state index contributed by atoms with van der Waals surface area (Å²) >= 11 is 0. The molecule has 0 aliphatic carbocycles. The third-order valence-electron chi connectivity index (χ3n) is 6.62. The molecule has 1 unspecified atom stereocenters. The van der Waals surface area contributed by atoms with E-state index in [2.05, 4.69) is 18.2 Å². The van der Waals surface area contributed by atoms with E-state index in [-0.39, 0.29) is 17.4 Å². The molecule has 2 amide bonds. The smallest absolute Gasteiger partial charge is 0.254 e. The van der Waals surface area contributed by atoms with Gasteiger partial charge in [-0.2, -0.15) is 0 Å². The number of hydrogen-bond acceptors (Lipinski definition) is 4. The summed E-state index contributed by atoms with van der Waals surface area (Å²) in [5.74, 6) is 0.873. The highest BCUT2D eigenvalue weighted by atomic mass is 16.5. The van der Waals surface area contributed by atoms with Crippen LogP contribution < -0.4 is 10.5 Å². The van der Waals surface area contributed by atoms with E-state index in [0.29, 0.717) is 38.0 Å². The van der Waals surface area contributed by atoms with Crippen molar-refractivity contribution in [1.82, 2.24) is 9.80 Å². The minimum absolute atomic E-state index is 0.00779. The van der Waals surface area contributed by atoms with E-state index in [1.165, 1.54) is 11.1 Å². The zero-order chi connectivity index (χ0) is 21.8. The Kier molecular flexibility index (Phi) is 6.28. The molecule has 2 aliphatic heterocycles. The van der Waals surface area contributed by atoms with Gasteiger partial charge in [-0.1, -0.05) is 24.3 Å². The Hall–Kier alpha value is -2.86. The molecule has 2 N–H and O–H groups in total. The highest BCUT2D eigenvalue weighted by molar-refractivity contribution is 5.95. The Bertz CT molecular complexity index is 943. The molecule has 31 heavy (non-hydrogen) atoms. The van der Waals surface area contributed by atoms with Crippen molar-refractivity contribution in [2.75, 3.05) is 26.7 Å². The molecular weight excluding hydrogens is 390 g/mol. The number of rotatable bonds is 5. The Morgan fingerprint density at radius 2 is 1.84 bits per heavy atom. The summed E-state index contributed by atoms with van der Waals surface area (Å²) in [4.78, 5) is 30.5. The van der Waals surface area contributed by atoms with Crippen LogP contribution in [0.1, 0.15) is 47.2 Å². The second-order valence-corrected chi connectivity index (χ2v) is 8.60. The standard InChI is InChI=1S/C25H31N3O3/c1-31-22-11-9-19(10-12-22)24(30)28-17-21-7-3-2-6-20(21)16-25(28)13-5-15-27(18-25)23(29)8-4-14-26/h2-3,6-7,9-12H,4-5,8,13-18,26H2,1H3. The number of fused-ring (bicyclic) bond motifs is 1. The van der Waals surface area contributed by atoms with Gasteiger partial charge in [0.15, 0.2) is 0 Å². The topological polar surface area (TPSA) is 75.9 Å². The molecule has 0 radical (unpaired) electrons. The minimum atomic E-state index is -0.387. The molecule has 2 aromatic rings. The molecule has 4 rings (SSSR count). The lowest BCUT2D eigenvalue weighted by Gasteiger charge is -2.52. The monoisotopic (exact) mass is 421 g/mol. The van der Waals surface area contributed by atoms with E-state index in [1.807, 2.05) is 40.1 Å². The van der Waals surface area contributed by atoms with Crippen LogP contribution in [0.5, 0.6) is 5.75 Å². The summed E-state index contributed by atoms with van der Waals surface area (Å²) in [5.41, 5.74) is 8.33. The van der Waals surface area contributed by atoms with Crippen LogP contribution in [-0.2, 0) is 17.8 Å². The van der Waals surface area contributed by atoms with Crippen LogP contribution in [0.15, 0.2) is 48.5 Å². The number of hydrogen-bond donors (Lipinski definition) is 1. The minimum Gasteiger partial charge on any atom is -0.497 e. The largest absolute Gasteiger partial charge is 0.497 e. The van der Waals surface area contributed by atoms with Gasteiger partial charge in [-0.25, -0.2) is 0 Å². The van der Waals surface area contributed by atoms with Crippen molar-refractivity contribution < 1.29 is 14.3 Å². The first kappa shape index (κ1) is 21.4. The van der Waals surface area contributed by atoms with Crippen LogP contribution in [0.25, 0.3) is 0 Å². The lowest BCUT2D eigenvalue weighted by Crippen LogP contribution is -2.63. The highest BCUT2D eigenvalue weighted by Gasteiger charge is 2.46. The number of carbonyl (C=O) groups excluding carboxylic acids is 2. The van der Waals surface area contributed by atoms with E-state index in [1.54, 1.807) is 7.11 Å². The Balaban J connectivity index is 1.66. The maximum absolute atomic E-state index is 13.7. The van der Waals surface area contributed by atoms with Crippen LogP contribution in [-0.4, -0.2) is 53.9 Å². The summed E-state index contributed by atoms with van der Waals surface area (Å²) < 4.78 is 5.25. The van der Waals surface area contributed by atoms with Gasteiger partial charge < -0.3 is 20.3 Å². The number of benzene rings is 2. The van der Waals surface area contributed by atoms with Gasteiger partial charge in [-0.15, -0.1) is 0 Å². The van der Waals surface area contributed by atoms with Crippen LogP contribution in [0.4, 0.5) is 0 Å². The summed E-state index contributed by atoms with van der Waals surface area (Å²) in [6.07, 6.45) is 3.72. The van der Waals surface area contributed by atoms with Gasteiger partial charge in [-0.3, -0.25) is 9.59 Å². The van der Waals surface area contributed by atoms with Crippen molar-refractivity contribution in [1.29, 1.82) is 0 Å². The van der Waals surface area contributed by atoms with Gasteiger partial charge in [0.05, 0.1) is 12.6 Å². The number of nitrogens with two attached hydrogens (primary N) is 1. The number of nitrogens with zero attached hydrogens (tertiary/aromatic N) is 2. The van der Waals surface area contributed by atoms with Gasteiger partial charge in [-0.05, 0) is 67.6 Å². The first-order valence-electron chi connectivity index (χ1n) is 11.1. The van der Waals surface area contributed by atoms with Crippen LogP contribution >= 0.6 is 0 Å². The van der Waals surface area contributed by atoms with Crippen molar-refractivity contribution in [3.8, 4) is 5.75 Å². The predicted molar refractivity (Wildman–Crippen MR) is 120 cm³/mol. The maximum Gasteiger partial charge on any atom is 0.254 e. The molecule has 1 saturated heterocycles. The first-order chi connectivity index (χ1) is 15.1. The number of carbonyl (C=O) groups is 2. The average Bonchev–Trinajstić information content (AvgIpc) is 2.81. The predicted octanol–water partition coefficient (Wildman–Crippen LogP) is 2.99. The highest BCUT2D eigenvalue weighted by Crippen LogP contribution is 2.39. The molecule has 0 aromatic heterocycles. The summed E-state index contributed by atoms with van der Waals surface area (Å²) in [7, 11) is 1.62. The van der Waals surface area contributed by atoms with Crippen LogP contribution in [0.2, 0.25) is 0 Å². The summed E-state index contributed by atoms with van der Waals surface area (Å²) in [6, 6.07) is 15.6. The van der Waals surface area contributed by atoms with E-state index >= 15 is 0 Å². The molecule has 6 nitrogen and oxygen atoms in total. The molecule has 1 fully saturated rings. The molecule has 0 bridgehead atoms. The van der Waals surface area contributed by atoms with Gasteiger partial charge in [0.25, 0.3) is 5.91 Å². The van der Waals surface area contributed by atoms with Crippen molar-refractivity contribution in [2.45, 2.75) is 44.2 Å². The fourth-order valence-electron chi connectivity index (χ4n) is 4.95. The first-order valence-corrected chi connectivity index (χ1v) is 11.1. The van der Waals surface area contributed by atoms with Crippen LogP contribution in [0, 0.1) is 0 Å². The fourth-order valence-corrected chi connectivity index (χ4v) is 4.95. The van der Waals surface area contributed by atoms with Gasteiger partial charge in [0.2, 0.25) is 5.91 Å². The Morgan fingerprint density at radius 1 is 1.10 bits per heavy atom. The van der Waals surface area contributed by atoms with E-state index in [9.17, 15) is 9.59 Å². The third kappa shape index (κ3) is 4.30. The maximum atomic E-state index is 13.7. The molecule has 2 aromatic carbocycles. The molecule has 6 heteroatoms. The molecule has 1 atom stereocenters. The van der Waals surface area contributed by atoms with E-state index in [0.717, 1.165) is 31.6 Å². The lowest BCUT2D eigenvalue weighted by molar-refractivity contribution is -0.135. The number of likely N-dealkylation sites (tertiary alicyclic amines) is 1. The Morgan fingerprint density at radius 3 is 2.55 bits per heavy atom. The third-order valence-corrected chi connectivity index (χ3v) is 6.62. The lowest BCUT2D eigenvalue weighted by atomic mass is 9.76. The summed E-state index contributed by atoms with van der Waals surface area (Å²) in [5, 5.41) is 0. The van der Waals surface area contributed by atoms with Crippen LogP contribution in [0.3, 0.4) is 0 Å². The molecular formula is C25H31N3O3. The van der Waals surface area contributed by atoms with E-state index in [4.69, 9.17) is 10.5 Å². The van der Waals surface area contributed by atoms with Crippen molar-refractivity contribution in [3.05, 3.63) is 65.2 Å². The van der Waals surface area contributed by atoms with Crippen molar-refractivity contribution in [3.63, 3.8) is 0 Å². The number of ether oxygens (including phenoxy) is 1. The molecule has 164 valence electrons. The molecule has 2 heterocycles. The Labute approximate surface area is 184 Å². The number of piperidine rings is 1. The van der Waals surface area contributed by atoms with Gasteiger partial charge in [0, 0.05) is 31.6 Å². The summed E-state index contributed by atoms with van der Waals surface area (Å²) in [6.45, 7) is 2.40. The SMILES string of the molecule is COc1ccc(C(=O)N2Cc3ccccc3CC23CCCN(C(=O)CCCN)C3)cc1. The zero-order valence-corrected chi connectivity index (χ0v) is 18.2. The normalized spacial score (nSPS) is 20.5. The molecule has 0 saturated carbocycles. The van der Waals surface area contributed by atoms with Gasteiger partial charge in [0.1, 0.15) is 5.75 Å². The molecule has 2 aliphatic rings. The van der Waals surface area contributed by atoms with Gasteiger partial charge >= 0.3 is 0 Å². The fraction of sp³-hybridized carbons (Fsp3) is 0.440.